The van der Waals surface area contributed by atoms with E-state index in [1.807, 2.05) is 41.5 Å². The van der Waals surface area contributed by atoms with E-state index in [4.69, 9.17) is 20.4 Å². The van der Waals surface area contributed by atoms with Crippen LogP contribution in [-0.2, 0) is 28.7 Å². The first-order valence-electron chi connectivity index (χ1n) is 13.1. The Labute approximate surface area is 234 Å². The summed E-state index contributed by atoms with van der Waals surface area (Å²) in [4.78, 5) is 63.0. The zero-order valence-corrected chi connectivity index (χ0v) is 25.2. The Hall–Kier alpha value is -2.90. The highest BCUT2D eigenvalue weighted by Crippen LogP contribution is 2.17. The fraction of sp³-hybridized carbons (Fsp3) is 0.808. The molecule has 5 atom stereocenters. The van der Waals surface area contributed by atoms with E-state index in [1.54, 1.807) is 21.0 Å². The first-order chi connectivity index (χ1) is 18.1. The molecule has 0 spiro atoms. The molecule has 40 heavy (non-hydrogen) atoms. The molecule has 0 fully saturated rings. The van der Waals surface area contributed by atoms with Crippen molar-refractivity contribution in [2.24, 2.45) is 23.5 Å². The average Bonchev–Trinajstić information content (AvgIpc) is 2.86. The van der Waals surface area contributed by atoms with Crippen LogP contribution in [0.2, 0.25) is 0 Å². The van der Waals surface area contributed by atoms with Gasteiger partial charge in [0.2, 0.25) is 17.7 Å². The van der Waals surface area contributed by atoms with Crippen molar-refractivity contribution in [2.75, 3.05) is 21.2 Å². The molecule has 0 unspecified atom stereocenters. The number of aliphatic carboxylic acids is 1. The van der Waals surface area contributed by atoms with Crippen LogP contribution in [0.1, 0.15) is 67.7 Å². The predicted octanol–water partition coefficient (Wildman–Crippen LogP) is 2.42. The van der Waals surface area contributed by atoms with Crippen LogP contribution in [0.3, 0.4) is 0 Å². The molecule has 0 aliphatic heterocycles. The summed E-state index contributed by atoms with van der Waals surface area (Å²) in [7, 11) is 4.38. The van der Waals surface area contributed by atoms with Crippen LogP contribution >= 0.6 is 0 Å². The van der Waals surface area contributed by atoms with Gasteiger partial charge < -0.3 is 30.7 Å². The number of rotatable bonds is 13. The first-order valence-corrected chi connectivity index (χ1v) is 13.1. The summed E-state index contributed by atoms with van der Waals surface area (Å²) in [5, 5.41) is 9.89. The van der Waals surface area contributed by atoms with Crippen LogP contribution < -0.4 is 11.1 Å². The third-order valence-corrected chi connectivity index (χ3v) is 6.39. The van der Waals surface area contributed by atoms with Gasteiger partial charge in [-0.25, -0.2) is 9.59 Å². The van der Waals surface area contributed by atoms with Gasteiger partial charge in [0.05, 0.1) is 13.2 Å². The Morgan fingerprint density at radius 1 is 0.900 bits per heavy atom. The van der Waals surface area contributed by atoms with Gasteiger partial charge in [0.15, 0.2) is 0 Å². The summed E-state index contributed by atoms with van der Waals surface area (Å²) in [6.45, 7) is 13.3. The van der Waals surface area contributed by atoms with Gasteiger partial charge in [-0.1, -0.05) is 48.0 Å². The maximum Gasteiger partial charge on any atom is 0.490 e. The van der Waals surface area contributed by atoms with Crippen LogP contribution in [0.5, 0.6) is 0 Å². The molecule has 0 aliphatic rings. The number of nitrogens with zero attached hydrogens (tertiary/aromatic N) is 2. The Morgan fingerprint density at radius 3 is 1.70 bits per heavy atom. The molecule has 0 saturated heterocycles. The molecule has 0 aliphatic carbocycles. The monoisotopic (exact) mass is 584 g/mol. The molecule has 0 aromatic carbocycles. The standard InChI is InChI=1S/C24H46N4O5.C2HF3O2/c1-11-16(6)20(25)23(31)27(8)17(7)22(30)28(9)19(13-15(4)5)21(29)26-18(12-14(2)3)24(32)33-10;3-2(4,5)1(6)7/h14-20H,11-13,25H2,1-10H3,(H,26,29);(H,6,7)/t16-,17-,18-,19-,20+;/m0./s1. The number of nitrogens with one attached hydrogen (secondary N) is 1. The summed E-state index contributed by atoms with van der Waals surface area (Å²) < 4.78 is 36.6. The van der Waals surface area contributed by atoms with E-state index in [9.17, 15) is 32.3 Å². The van der Waals surface area contributed by atoms with Crippen molar-refractivity contribution in [3.63, 3.8) is 0 Å². The summed E-state index contributed by atoms with van der Waals surface area (Å²) in [6.07, 6.45) is -3.51. The van der Waals surface area contributed by atoms with Gasteiger partial charge in [0, 0.05) is 14.1 Å². The van der Waals surface area contributed by atoms with Crippen molar-refractivity contribution in [1.82, 2.24) is 15.1 Å². The van der Waals surface area contributed by atoms with Gasteiger partial charge >= 0.3 is 18.1 Å². The summed E-state index contributed by atoms with van der Waals surface area (Å²) in [5.41, 5.74) is 6.07. The number of amides is 3. The van der Waals surface area contributed by atoms with Crippen LogP contribution in [0.4, 0.5) is 13.2 Å². The highest BCUT2D eigenvalue weighted by atomic mass is 19.4. The van der Waals surface area contributed by atoms with Gasteiger partial charge in [-0.3, -0.25) is 14.4 Å². The van der Waals surface area contributed by atoms with Crippen molar-refractivity contribution < 1.29 is 47.0 Å². The molecular formula is C26H47F3N4O7. The number of hydrogen-bond acceptors (Lipinski definition) is 7. The van der Waals surface area contributed by atoms with Crippen LogP contribution in [0.15, 0.2) is 0 Å². The maximum absolute atomic E-state index is 13.3. The van der Waals surface area contributed by atoms with Crippen LogP contribution in [0.25, 0.3) is 0 Å². The summed E-state index contributed by atoms with van der Waals surface area (Å²) in [5.74, 6) is -4.13. The van der Waals surface area contributed by atoms with Crippen LogP contribution in [-0.4, -0.2) is 96.1 Å². The number of carboxylic acid groups (broad SMARTS) is 1. The Balaban J connectivity index is 0. The van der Waals surface area contributed by atoms with Gasteiger partial charge in [0.25, 0.3) is 0 Å². The Kier molecular flexibility index (Phi) is 17.4. The van der Waals surface area contributed by atoms with Crippen molar-refractivity contribution in [3.8, 4) is 0 Å². The number of carbonyl (C=O) groups excluding carboxylic acids is 4. The summed E-state index contributed by atoms with van der Waals surface area (Å²) in [6, 6.07) is -3.10. The SMILES string of the molecule is CC[C@H](C)[C@@H](N)C(=O)N(C)[C@@H](C)C(=O)N(C)[C@@H](CC(C)C)C(=O)N[C@@H](CC(C)C)C(=O)OC.O=C(O)C(F)(F)F. The van der Waals surface area contributed by atoms with Crippen molar-refractivity contribution in [1.29, 1.82) is 0 Å². The van der Waals surface area contributed by atoms with E-state index in [0.717, 1.165) is 6.42 Å². The molecule has 0 bridgehead atoms. The Bertz CT molecular complexity index is 853. The highest BCUT2D eigenvalue weighted by Gasteiger charge is 2.38. The van der Waals surface area contributed by atoms with E-state index in [1.165, 1.54) is 16.9 Å². The number of halogens is 3. The van der Waals surface area contributed by atoms with Crippen molar-refractivity contribution >= 4 is 29.7 Å². The number of methoxy groups -OCH3 is 1. The molecule has 0 radical (unpaired) electrons. The highest BCUT2D eigenvalue weighted by molar-refractivity contribution is 5.94. The number of carbonyl (C=O) groups is 5. The lowest BCUT2D eigenvalue weighted by atomic mass is 9.98. The van der Waals surface area contributed by atoms with Gasteiger partial charge in [-0.15, -0.1) is 0 Å². The van der Waals surface area contributed by atoms with Gasteiger partial charge in [0.1, 0.15) is 18.1 Å². The molecule has 0 aromatic heterocycles. The van der Waals surface area contributed by atoms with Gasteiger partial charge in [-0.05, 0) is 37.5 Å². The van der Waals surface area contributed by atoms with E-state index >= 15 is 0 Å². The Morgan fingerprint density at radius 2 is 1.35 bits per heavy atom. The van der Waals surface area contributed by atoms with Crippen LogP contribution in [0, 0.1) is 17.8 Å². The van der Waals surface area contributed by atoms with Crippen molar-refractivity contribution in [3.05, 3.63) is 0 Å². The first kappa shape index (κ1) is 39.2. The van der Waals surface area contributed by atoms with Crippen molar-refractivity contribution in [2.45, 2.75) is 98.1 Å². The maximum atomic E-state index is 13.3. The largest absolute Gasteiger partial charge is 0.490 e. The lowest BCUT2D eigenvalue weighted by Crippen LogP contribution is -2.57. The molecule has 0 rings (SSSR count). The number of likely N-dealkylation sites (N-methyl/N-ethyl adjacent to an activating group) is 2. The quantitative estimate of drug-likeness (QED) is 0.278. The molecule has 11 nitrogen and oxygen atoms in total. The number of ether oxygens (including phenoxy) is 1. The molecular weight excluding hydrogens is 537 g/mol. The number of nitrogens with two attached hydrogens (primary N) is 1. The number of alkyl halides is 3. The molecule has 0 saturated carbocycles. The van der Waals surface area contributed by atoms with Gasteiger partial charge in [-0.2, -0.15) is 13.2 Å². The average molecular weight is 585 g/mol. The van der Waals surface area contributed by atoms with E-state index in [2.05, 4.69) is 5.32 Å². The lowest BCUT2D eigenvalue weighted by Gasteiger charge is -2.35. The minimum atomic E-state index is -5.08. The third kappa shape index (κ3) is 13.4. The number of hydrogen-bond donors (Lipinski definition) is 3. The van der Waals surface area contributed by atoms with E-state index in [-0.39, 0.29) is 29.6 Å². The molecule has 234 valence electrons. The zero-order chi connectivity index (χ0) is 32.1. The molecule has 0 heterocycles. The minimum Gasteiger partial charge on any atom is -0.475 e. The second-order valence-corrected chi connectivity index (χ2v) is 10.6. The molecule has 3 amide bonds. The summed E-state index contributed by atoms with van der Waals surface area (Å²) >= 11 is 0. The normalized spacial score (nSPS) is 15.1. The van der Waals surface area contributed by atoms with E-state index in [0.29, 0.717) is 12.8 Å². The fourth-order valence-electron chi connectivity index (χ4n) is 3.52. The predicted molar refractivity (Wildman–Crippen MR) is 143 cm³/mol. The fourth-order valence-corrected chi connectivity index (χ4v) is 3.52. The number of carboxylic acids is 1. The molecule has 0 aromatic rings. The van der Waals surface area contributed by atoms with E-state index < -0.39 is 48.2 Å². The second-order valence-electron chi connectivity index (χ2n) is 10.6. The molecule has 4 N–H and O–H groups in total. The third-order valence-electron chi connectivity index (χ3n) is 6.39. The smallest absolute Gasteiger partial charge is 0.475 e. The lowest BCUT2D eigenvalue weighted by molar-refractivity contribution is -0.192. The zero-order valence-electron chi connectivity index (χ0n) is 25.2. The topological polar surface area (TPSA) is 159 Å². The second kappa shape index (κ2) is 17.7. The molecule has 14 heteroatoms. The minimum absolute atomic E-state index is 0.0179. The number of esters is 1.